The molecule has 1 aromatic heterocycles. The van der Waals surface area contributed by atoms with Crippen molar-refractivity contribution in [3.05, 3.63) is 21.3 Å². The molecule has 0 radical (unpaired) electrons. The fourth-order valence-corrected chi connectivity index (χ4v) is 1.65. The van der Waals surface area contributed by atoms with E-state index in [-0.39, 0.29) is 12.4 Å². The quantitative estimate of drug-likeness (QED) is 0.808. The van der Waals surface area contributed by atoms with Crippen molar-refractivity contribution in [2.24, 2.45) is 5.73 Å². The minimum Gasteiger partial charge on any atom is -0.321 e. The van der Waals surface area contributed by atoms with E-state index < -0.39 is 12.7 Å². The Labute approximate surface area is 79.8 Å². The van der Waals surface area contributed by atoms with Crippen LogP contribution >= 0.6 is 35.3 Å². The first-order chi connectivity index (χ1) is 4.74. The molecule has 1 nitrogen and oxygen atoms in total. The summed E-state index contributed by atoms with van der Waals surface area (Å²) in [5, 5.41) is 0. The van der Waals surface area contributed by atoms with Gasteiger partial charge in [0.15, 0.2) is 0 Å². The molecule has 1 rings (SSSR count). The molecule has 0 aliphatic carbocycles. The van der Waals surface area contributed by atoms with Crippen LogP contribution in [-0.4, -0.2) is 6.67 Å². The molecule has 11 heavy (non-hydrogen) atoms. The Balaban J connectivity index is 0.000001000. The molecule has 0 aliphatic rings. The van der Waals surface area contributed by atoms with Gasteiger partial charge in [-0.1, -0.05) is 11.6 Å². The number of hydrogen-bond acceptors (Lipinski definition) is 2. The molecule has 0 bridgehead atoms. The van der Waals surface area contributed by atoms with Crippen LogP contribution in [0.2, 0.25) is 4.34 Å². The molecule has 5 heteroatoms. The highest BCUT2D eigenvalue weighted by Crippen LogP contribution is 2.25. The van der Waals surface area contributed by atoms with Crippen LogP contribution in [0.5, 0.6) is 0 Å². The number of nitrogens with two attached hydrogens (primary N) is 1. The van der Waals surface area contributed by atoms with Gasteiger partial charge in [-0.15, -0.1) is 23.7 Å². The molecule has 0 fully saturated rings. The van der Waals surface area contributed by atoms with Crippen LogP contribution in [0, 0.1) is 0 Å². The summed E-state index contributed by atoms with van der Waals surface area (Å²) in [4.78, 5) is 0.799. The molecule has 2 N–H and O–H groups in total. The number of thiophene rings is 1. The molecular weight excluding hydrogens is 208 g/mol. The second kappa shape index (κ2) is 4.93. The number of hydrogen-bond donors (Lipinski definition) is 1. The molecule has 0 aliphatic heterocycles. The Morgan fingerprint density at radius 3 is 2.64 bits per heavy atom. The Morgan fingerprint density at radius 1 is 1.64 bits per heavy atom. The van der Waals surface area contributed by atoms with E-state index in [9.17, 15) is 4.39 Å². The van der Waals surface area contributed by atoms with E-state index >= 15 is 0 Å². The van der Waals surface area contributed by atoms with Crippen LogP contribution in [0.3, 0.4) is 0 Å². The normalized spacial score (nSPS) is 12.3. The van der Waals surface area contributed by atoms with E-state index in [1.807, 2.05) is 0 Å². The second-order valence-electron chi connectivity index (χ2n) is 1.90. The third-order valence-corrected chi connectivity index (χ3v) is 2.49. The smallest absolute Gasteiger partial charge is 0.109 e. The lowest BCUT2D eigenvalue weighted by molar-refractivity contribution is 0.440. The van der Waals surface area contributed by atoms with E-state index in [1.165, 1.54) is 11.3 Å². The van der Waals surface area contributed by atoms with Crippen LogP contribution in [0.1, 0.15) is 10.9 Å². The minimum absolute atomic E-state index is 0. The maximum absolute atomic E-state index is 11.9. The average molecular weight is 216 g/mol. The fraction of sp³-hybridized carbons (Fsp3) is 0.333. The first-order valence-electron chi connectivity index (χ1n) is 2.81. The molecule has 0 unspecified atom stereocenters. The van der Waals surface area contributed by atoms with Crippen molar-refractivity contribution in [2.75, 3.05) is 6.67 Å². The zero-order valence-corrected chi connectivity index (χ0v) is 7.98. The maximum atomic E-state index is 11.9. The van der Waals surface area contributed by atoms with Crippen molar-refractivity contribution in [3.8, 4) is 0 Å². The van der Waals surface area contributed by atoms with E-state index in [1.54, 1.807) is 12.1 Å². The molecule has 1 heterocycles. The summed E-state index contributed by atoms with van der Waals surface area (Å²) in [6.07, 6.45) is 0. The first-order valence-corrected chi connectivity index (χ1v) is 4.00. The molecule has 64 valence electrons. The minimum atomic E-state index is -0.531. The van der Waals surface area contributed by atoms with Crippen LogP contribution in [0.4, 0.5) is 4.39 Å². The van der Waals surface area contributed by atoms with Crippen LogP contribution < -0.4 is 5.73 Å². The van der Waals surface area contributed by atoms with E-state index in [0.29, 0.717) is 4.34 Å². The van der Waals surface area contributed by atoms with Gasteiger partial charge in [0, 0.05) is 4.88 Å². The molecule has 0 amide bonds. The van der Waals surface area contributed by atoms with Crippen molar-refractivity contribution < 1.29 is 4.39 Å². The lowest BCUT2D eigenvalue weighted by atomic mass is 10.3. The van der Waals surface area contributed by atoms with Gasteiger partial charge in [-0.2, -0.15) is 0 Å². The number of alkyl halides is 1. The zero-order chi connectivity index (χ0) is 7.56. The van der Waals surface area contributed by atoms with E-state index in [2.05, 4.69) is 0 Å². The van der Waals surface area contributed by atoms with Gasteiger partial charge in [-0.3, -0.25) is 0 Å². The molecule has 0 saturated carbocycles. The maximum Gasteiger partial charge on any atom is 0.109 e. The standard InChI is InChI=1S/C6H7ClFNS.ClH/c7-6-2-1-5(10-6)4(9)3-8;/h1-2,4H,3,9H2;1H/t4-;/m1./s1. The summed E-state index contributed by atoms with van der Waals surface area (Å²) in [5.41, 5.74) is 5.38. The molecule has 0 aromatic carbocycles. The van der Waals surface area contributed by atoms with Crippen molar-refractivity contribution >= 4 is 35.3 Å². The summed E-state index contributed by atoms with van der Waals surface area (Å²) in [6.45, 7) is -0.531. The average Bonchev–Trinajstić information content (AvgIpc) is 2.34. The fourth-order valence-electron chi connectivity index (χ4n) is 0.604. The summed E-state index contributed by atoms with van der Waals surface area (Å²) in [7, 11) is 0. The predicted molar refractivity (Wildman–Crippen MR) is 49.5 cm³/mol. The SMILES string of the molecule is Cl.N[C@H](CF)c1ccc(Cl)s1. The van der Waals surface area contributed by atoms with Crippen molar-refractivity contribution in [3.63, 3.8) is 0 Å². The topological polar surface area (TPSA) is 26.0 Å². The van der Waals surface area contributed by atoms with Crippen molar-refractivity contribution in [2.45, 2.75) is 6.04 Å². The lowest BCUT2D eigenvalue weighted by Gasteiger charge is -2.00. The van der Waals surface area contributed by atoms with Crippen molar-refractivity contribution in [1.29, 1.82) is 0 Å². The van der Waals surface area contributed by atoms with Crippen molar-refractivity contribution in [1.82, 2.24) is 0 Å². The first kappa shape index (κ1) is 11.2. The van der Waals surface area contributed by atoms with Gasteiger partial charge < -0.3 is 5.73 Å². The molecular formula is C6H8Cl2FNS. The summed E-state index contributed by atoms with van der Waals surface area (Å²) in [5.74, 6) is 0. The molecule has 1 aromatic rings. The van der Waals surface area contributed by atoms with Gasteiger partial charge in [0.25, 0.3) is 0 Å². The van der Waals surface area contributed by atoms with E-state index in [0.717, 1.165) is 4.88 Å². The van der Waals surface area contributed by atoms with Gasteiger partial charge in [-0.05, 0) is 12.1 Å². The lowest BCUT2D eigenvalue weighted by Crippen LogP contribution is -2.09. The third-order valence-electron chi connectivity index (χ3n) is 1.13. The second-order valence-corrected chi connectivity index (χ2v) is 3.65. The predicted octanol–water partition coefficient (Wildman–Crippen LogP) is 2.79. The highest BCUT2D eigenvalue weighted by atomic mass is 35.5. The van der Waals surface area contributed by atoms with E-state index in [4.69, 9.17) is 17.3 Å². The molecule has 0 spiro atoms. The summed E-state index contributed by atoms with van der Waals surface area (Å²) < 4.78 is 12.6. The van der Waals surface area contributed by atoms with Gasteiger partial charge in [0.05, 0.1) is 10.4 Å². The highest BCUT2D eigenvalue weighted by Gasteiger charge is 2.06. The third kappa shape index (κ3) is 2.95. The molecule has 1 atom stereocenters. The number of halogens is 3. The largest absolute Gasteiger partial charge is 0.321 e. The zero-order valence-electron chi connectivity index (χ0n) is 5.59. The Morgan fingerprint density at radius 2 is 2.27 bits per heavy atom. The Kier molecular flexibility index (Phi) is 5.01. The van der Waals surface area contributed by atoms with Gasteiger partial charge >= 0.3 is 0 Å². The monoisotopic (exact) mass is 215 g/mol. The summed E-state index contributed by atoms with van der Waals surface area (Å²) >= 11 is 6.92. The summed E-state index contributed by atoms with van der Waals surface area (Å²) in [6, 6.07) is 2.96. The number of rotatable bonds is 2. The van der Waals surface area contributed by atoms with Crippen LogP contribution in [0.15, 0.2) is 12.1 Å². The van der Waals surface area contributed by atoms with Gasteiger partial charge in [0.1, 0.15) is 6.67 Å². The Hall–Kier alpha value is 0.170. The van der Waals surface area contributed by atoms with Gasteiger partial charge in [0.2, 0.25) is 0 Å². The van der Waals surface area contributed by atoms with Gasteiger partial charge in [-0.25, -0.2) is 4.39 Å². The highest BCUT2D eigenvalue weighted by molar-refractivity contribution is 7.16. The van der Waals surface area contributed by atoms with Crippen LogP contribution in [-0.2, 0) is 0 Å². The van der Waals surface area contributed by atoms with Crippen LogP contribution in [0.25, 0.3) is 0 Å². The molecule has 0 saturated heterocycles. The Bertz CT molecular complexity index is 216.